The summed E-state index contributed by atoms with van der Waals surface area (Å²) in [6.45, 7) is 9.84. The van der Waals surface area contributed by atoms with Gasteiger partial charge in [-0.2, -0.15) is 0 Å². The molecule has 6 nitrogen and oxygen atoms in total. The number of nitrogen functional groups attached to an aromatic ring is 1. The molecular formula is C26H31N3O3. The largest absolute Gasteiger partial charge is 0.494 e. The molecule has 0 aliphatic heterocycles. The third-order valence-corrected chi connectivity index (χ3v) is 5.48. The lowest BCUT2D eigenvalue weighted by atomic mass is 9.85. The molecule has 3 aromatic rings. The number of aliphatic hydroxyl groups is 1. The first-order valence-electron chi connectivity index (χ1n) is 10.6. The first kappa shape index (κ1) is 23.3. The highest BCUT2D eigenvalue weighted by molar-refractivity contribution is 6.07. The predicted octanol–water partition coefficient (Wildman–Crippen LogP) is 5.25. The van der Waals surface area contributed by atoms with E-state index in [0.29, 0.717) is 22.7 Å². The number of rotatable bonds is 5. The van der Waals surface area contributed by atoms with Gasteiger partial charge in [0.05, 0.1) is 36.3 Å². The monoisotopic (exact) mass is 433 g/mol. The second-order valence-electron chi connectivity index (χ2n) is 9.01. The van der Waals surface area contributed by atoms with Crippen molar-refractivity contribution in [3.63, 3.8) is 0 Å². The highest BCUT2D eigenvalue weighted by Crippen LogP contribution is 2.34. The van der Waals surface area contributed by atoms with Crippen LogP contribution in [-0.4, -0.2) is 23.1 Å². The molecule has 32 heavy (non-hydrogen) atoms. The van der Waals surface area contributed by atoms with Gasteiger partial charge in [-0.3, -0.25) is 9.78 Å². The van der Waals surface area contributed by atoms with Crippen molar-refractivity contribution in [2.24, 2.45) is 0 Å². The van der Waals surface area contributed by atoms with Crippen molar-refractivity contribution in [2.75, 3.05) is 18.2 Å². The fraction of sp³-hybridized carbons (Fsp3) is 0.308. The highest BCUT2D eigenvalue weighted by atomic mass is 16.5. The topological polar surface area (TPSA) is 97.5 Å². The van der Waals surface area contributed by atoms with E-state index in [1.54, 1.807) is 13.1 Å². The fourth-order valence-electron chi connectivity index (χ4n) is 3.51. The Balaban J connectivity index is 1.95. The first-order valence-corrected chi connectivity index (χ1v) is 10.6. The Morgan fingerprint density at radius 3 is 2.38 bits per heavy atom. The van der Waals surface area contributed by atoms with Gasteiger partial charge in [-0.1, -0.05) is 45.0 Å². The van der Waals surface area contributed by atoms with Crippen LogP contribution >= 0.6 is 0 Å². The molecule has 1 aromatic heterocycles. The molecule has 0 saturated heterocycles. The van der Waals surface area contributed by atoms with Crippen molar-refractivity contribution in [3.8, 4) is 16.9 Å². The molecule has 0 bridgehead atoms. The van der Waals surface area contributed by atoms with Gasteiger partial charge in [-0.05, 0) is 54.2 Å². The van der Waals surface area contributed by atoms with Crippen LogP contribution in [0.4, 0.5) is 11.4 Å². The maximum atomic E-state index is 13.2. The maximum absolute atomic E-state index is 13.2. The van der Waals surface area contributed by atoms with Gasteiger partial charge in [-0.25, -0.2) is 0 Å². The number of amides is 1. The Kier molecular flexibility index (Phi) is 6.55. The van der Waals surface area contributed by atoms with Crippen LogP contribution < -0.4 is 15.8 Å². The Bertz CT molecular complexity index is 1130. The van der Waals surface area contributed by atoms with Crippen LogP contribution in [0.15, 0.2) is 48.7 Å². The van der Waals surface area contributed by atoms with Gasteiger partial charge in [-0.15, -0.1) is 0 Å². The maximum Gasteiger partial charge on any atom is 0.259 e. The molecule has 0 saturated carbocycles. The summed E-state index contributed by atoms with van der Waals surface area (Å²) in [7, 11) is 1.50. The minimum absolute atomic E-state index is 0.174. The zero-order valence-corrected chi connectivity index (χ0v) is 19.5. The Morgan fingerprint density at radius 1 is 1.16 bits per heavy atom. The van der Waals surface area contributed by atoms with E-state index in [4.69, 9.17) is 10.5 Å². The molecule has 2 aromatic carbocycles. The van der Waals surface area contributed by atoms with Gasteiger partial charge in [0.2, 0.25) is 0 Å². The number of aryl methyl sites for hydroxylation is 1. The normalized spacial score (nSPS) is 12.3. The zero-order valence-electron chi connectivity index (χ0n) is 19.5. The van der Waals surface area contributed by atoms with Crippen molar-refractivity contribution in [3.05, 3.63) is 71.0 Å². The summed E-state index contributed by atoms with van der Waals surface area (Å²) >= 11 is 0. The number of hydrogen-bond donors (Lipinski definition) is 3. The summed E-state index contributed by atoms with van der Waals surface area (Å²) in [6, 6.07) is 13.2. The van der Waals surface area contributed by atoms with Gasteiger partial charge < -0.3 is 20.9 Å². The Hall–Kier alpha value is -3.38. The Labute approximate surface area is 189 Å². The number of methoxy groups -OCH3 is 1. The van der Waals surface area contributed by atoms with Crippen LogP contribution in [0.1, 0.15) is 61.0 Å². The van der Waals surface area contributed by atoms with E-state index in [-0.39, 0.29) is 11.3 Å². The number of nitrogens with zero attached hydrogens (tertiary/aromatic N) is 1. The number of ether oxygens (including phenoxy) is 1. The second-order valence-corrected chi connectivity index (χ2v) is 9.01. The van der Waals surface area contributed by atoms with Crippen molar-refractivity contribution >= 4 is 17.3 Å². The number of nitrogens with two attached hydrogens (primary N) is 1. The van der Waals surface area contributed by atoms with Gasteiger partial charge >= 0.3 is 0 Å². The van der Waals surface area contributed by atoms with Gasteiger partial charge in [0.15, 0.2) is 5.75 Å². The fourth-order valence-corrected chi connectivity index (χ4v) is 3.51. The lowest BCUT2D eigenvalue weighted by Crippen LogP contribution is -2.18. The SMILES string of the molecule is COc1c(N)cc(C(C)(C)C)cc1C(=O)Nc1cnc(C)c(-c2ccc(C(C)O)cc2)c1. The molecule has 0 spiro atoms. The summed E-state index contributed by atoms with van der Waals surface area (Å²) in [4.78, 5) is 17.6. The summed E-state index contributed by atoms with van der Waals surface area (Å²) in [5.74, 6) is 0.0326. The quantitative estimate of drug-likeness (QED) is 0.477. The summed E-state index contributed by atoms with van der Waals surface area (Å²) in [6.07, 6.45) is 1.10. The minimum Gasteiger partial charge on any atom is -0.494 e. The van der Waals surface area contributed by atoms with E-state index >= 15 is 0 Å². The highest BCUT2D eigenvalue weighted by Gasteiger charge is 2.22. The van der Waals surface area contributed by atoms with E-state index in [1.165, 1.54) is 7.11 Å². The summed E-state index contributed by atoms with van der Waals surface area (Å²) in [5.41, 5.74) is 11.8. The van der Waals surface area contributed by atoms with E-state index in [1.807, 2.05) is 49.4 Å². The molecule has 168 valence electrons. The average molecular weight is 434 g/mol. The summed E-state index contributed by atoms with van der Waals surface area (Å²) in [5, 5.41) is 12.7. The Morgan fingerprint density at radius 2 is 1.81 bits per heavy atom. The molecule has 1 heterocycles. The molecule has 0 aliphatic rings. The van der Waals surface area contributed by atoms with Crippen LogP contribution in [0.25, 0.3) is 11.1 Å². The zero-order chi connectivity index (χ0) is 23.6. The number of benzene rings is 2. The number of pyridine rings is 1. The van der Waals surface area contributed by atoms with Crippen LogP contribution in [0.5, 0.6) is 5.75 Å². The third kappa shape index (κ3) is 4.92. The number of anilines is 2. The van der Waals surface area contributed by atoms with E-state index in [9.17, 15) is 9.90 Å². The van der Waals surface area contributed by atoms with Crippen LogP contribution in [-0.2, 0) is 5.41 Å². The van der Waals surface area contributed by atoms with Gasteiger partial charge in [0.25, 0.3) is 5.91 Å². The lowest BCUT2D eigenvalue weighted by molar-refractivity contribution is 0.102. The third-order valence-electron chi connectivity index (χ3n) is 5.48. The molecule has 0 aliphatic carbocycles. The van der Waals surface area contributed by atoms with Crippen molar-refractivity contribution in [1.82, 2.24) is 4.98 Å². The molecule has 1 atom stereocenters. The first-order chi connectivity index (χ1) is 15.0. The average Bonchev–Trinajstić information content (AvgIpc) is 2.73. The van der Waals surface area contributed by atoms with Crippen molar-refractivity contribution in [2.45, 2.75) is 46.1 Å². The minimum atomic E-state index is -0.528. The van der Waals surface area contributed by atoms with Crippen LogP contribution in [0.2, 0.25) is 0 Å². The van der Waals surface area contributed by atoms with Crippen molar-refractivity contribution in [1.29, 1.82) is 0 Å². The van der Waals surface area contributed by atoms with E-state index in [0.717, 1.165) is 27.9 Å². The van der Waals surface area contributed by atoms with E-state index < -0.39 is 6.10 Å². The molecule has 1 unspecified atom stereocenters. The number of nitrogens with one attached hydrogen (secondary N) is 1. The summed E-state index contributed by atoms with van der Waals surface area (Å²) < 4.78 is 5.42. The van der Waals surface area contributed by atoms with Crippen molar-refractivity contribution < 1.29 is 14.6 Å². The molecule has 3 rings (SSSR count). The number of hydrogen-bond acceptors (Lipinski definition) is 5. The molecule has 0 radical (unpaired) electrons. The molecule has 0 fully saturated rings. The van der Waals surface area contributed by atoms with Crippen LogP contribution in [0, 0.1) is 6.92 Å². The van der Waals surface area contributed by atoms with E-state index in [2.05, 4.69) is 31.1 Å². The smallest absolute Gasteiger partial charge is 0.259 e. The van der Waals surface area contributed by atoms with Gasteiger partial charge in [0.1, 0.15) is 0 Å². The number of carbonyl (C=O) groups is 1. The number of aliphatic hydroxyl groups excluding tert-OH is 1. The van der Waals surface area contributed by atoms with Gasteiger partial charge in [0, 0.05) is 11.3 Å². The second kappa shape index (κ2) is 9.01. The molecule has 4 N–H and O–H groups in total. The molecular weight excluding hydrogens is 402 g/mol. The standard InChI is InChI=1S/C26H31N3O3/c1-15-21(18-9-7-17(8-10-18)16(2)30)13-20(14-28-15)29-25(31)22-11-19(26(3,4)5)12-23(27)24(22)32-6/h7-14,16,30H,27H2,1-6H3,(H,29,31). The molecule has 6 heteroatoms. The lowest BCUT2D eigenvalue weighted by Gasteiger charge is -2.22. The van der Waals surface area contributed by atoms with Crippen LogP contribution in [0.3, 0.4) is 0 Å². The number of carbonyl (C=O) groups excluding carboxylic acids is 1. The number of aromatic nitrogens is 1. The predicted molar refractivity (Wildman–Crippen MR) is 129 cm³/mol. The molecule has 1 amide bonds.